The smallest absolute Gasteiger partial charge is 0.136 e. The molecule has 0 aromatic rings. The van der Waals surface area contributed by atoms with Crippen molar-refractivity contribution < 1.29 is 4.74 Å². The maximum atomic E-state index is 7.67. The summed E-state index contributed by atoms with van der Waals surface area (Å²) >= 11 is 0. The van der Waals surface area contributed by atoms with E-state index in [2.05, 4.69) is 0 Å². The lowest BCUT2D eigenvalue weighted by molar-refractivity contribution is 0.0220. The molecule has 0 bridgehead atoms. The van der Waals surface area contributed by atoms with Crippen molar-refractivity contribution in [2.75, 3.05) is 7.11 Å². The van der Waals surface area contributed by atoms with Crippen LogP contribution in [0.1, 0.15) is 20.3 Å². The van der Waals surface area contributed by atoms with E-state index in [1.807, 2.05) is 19.9 Å². The second-order valence-electron chi connectivity index (χ2n) is 3.51. The fraction of sp³-hybridized carbons (Fsp3) is 0.667. The molecule has 1 aliphatic carbocycles. The molecule has 2 atom stereocenters. The Kier molecular flexibility index (Phi) is 2.35. The Morgan fingerprint density at radius 1 is 1.75 bits per heavy atom. The van der Waals surface area contributed by atoms with Gasteiger partial charge in [-0.1, -0.05) is 6.92 Å². The summed E-state index contributed by atoms with van der Waals surface area (Å²) in [7, 11) is 1.60. The van der Waals surface area contributed by atoms with Crippen molar-refractivity contribution in [3.05, 3.63) is 11.6 Å². The van der Waals surface area contributed by atoms with E-state index >= 15 is 0 Å². The normalized spacial score (nSPS) is 36.5. The van der Waals surface area contributed by atoms with Crippen LogP contribution in [0.3, 0.4) is 0 Å². The summed E-state index contributed by atoms with van der Waals surface area (Å²) in [6, 6.07) is 0. The van der Waals surface area contributed by atoms with Crippen LogP contribution >= 0.6 is 0 Å². The van der Waals surface area contributed by atoms with E-state index in [9.17, 15) is 0 Å². The molecule has 0 heterocycles. The van der Waals surface area contributed by atoms with Gasteiger partial charge in [-0.3, -0.25) is 0 Å². The number of nitrogens with one attached hydrogen (secondary N) is 1. The van der Waals surface area contributed by atoms with Gasteiger partial charge in [0.2, 0.25) is 0 Å². The molecule has 0 aromatic heterocycles. The van der Waals surface area contributed by atoms with Crippen molar-refractivity contribution >= 4 is 5.71 Å². The monoisotopic (exact) mass is 168 g/mol. The zero-order chi connectivity index (χ0) is 9.35. The minimum atomic E-state index is -0.659. The Morgan fingerprint density at radius 2 is 2.33 bits per heavy atom. The second-order valence-corrected chi connectivity index (χ2v) is 3.51. The first kappa shape index (κ1) is 9.42. The van der Waals surface area contributed by atoms with E-state index in [1.165, 1.54) is 0 Å². The highest BCUT2D eigenvalue weighted by molar-refractivity contribution is 5.99. The average Bonchev–Trinajstić information content (AvgIpc) is 2.00. The predicted molar refractivity (Wildman–Crippen MR) is 49.2 cm³/mol. The molecule has 3 heteroatoms. The number of nitrogens with two attached hydrogens (primary N) is 1. The van der Waals surface area contributed by atoms with Crippen LogP contribution in [0, 0.1) is 11.3 Å². The van der Waals surface area contributed by atoms with Crippen molar-refractivity contribution in [3.8, 4) is 0 Å². The summed E-state index contributed by atoms with van der Waals surface area (Å²) in [6.07, 6.45) is 2.52. The van der Waals surface area contributed by atoms with Gasteiger partial charge in [0.15, 0.2) is 0 Å². The minimum Gasteiger partial charge on any atom is -0.360 e. The van der Waals surface area contributed by atoms with Gasteiger partial charge in [0.25, 0.3) is 0 Å². The van der Waals surface area contributed by atoms with Gasteiger partial charge < -0.3 is 15.9 Å². The summed E-state index contributed by atoms with van der Waals surface area (Å²) in [5.74, 6) is 0.194. The molecule has 1 aliphatic rings. The first-order valence-electron chi connectivity index (χ1n) is 4.11. The van der Waals surface area contributed by atoms with Gasteiger partial charge in [-0.05, 0) is 18.6 Å². The van der Waals surface area contributed by atoms with Crippen LogP contribution in [-0.4, -0.2) is 18.5 Å². The minimum absolute atomic E-state index is 0.194. The number of hydrogen-bond donors (Lipinski definition) is 2. The van der Waals surface area contributed by atoms with Crippen molar-refractivity contribution in [2.45, 2.75) is 26.0 Å². The molecular weight excluding hydrogens is 152 g/mol. The van der Waals surface area contributed by atoms with Crippen LogP contribution in [-0.2, 0) is 4.74 Å². The summed E-state index contributed by atoms with van der Waals surface area (Å²) in [5, 5.41) is 7.67. The first-order valence-corrected chi connectivity index (χ1v) is 4.11. The number of allylic oxidation sites excluding steroid dienone is 1. The molecule has 0 fully saturated rings. The summed E-state index contributed by atoms with van der Waals surface area (Å²) in [4.78, 5) is 0. The van der Waals surface area contributed by atoms with Gasteiger partial charge in [0.05, 0.1) is 0 Å². The quantitative estimate of drug-likeness (QED) is 0.580. The van der Waals surface area contributed by atoms with Gasteiger partial charge in [0.1, 0.15) is 5.72 Å². The van der Waals surface area contributed by atoms with Gasteiger partial charge in [-0.2, -0.15) is 0 Å². The molecule has 0 radical (unpaired) electrons. The fourth-order valence-electron chi connectivity index (χ4n) is 1.61. The van der Waals surface area contributed by atoms with Crippen LogP contribution in [0.5, 0.6) is 0 Å². The molecule has 68 valence electrons. The summed E-state index contributed by atoms with van der Waals surface area (Å²) in [5.41, 5.74) is 6.85. The van der Waals surface area contributed by atoms with Gasteiger partial charge in [-0.15, -0.1) is 0 Å². The third-order valence-corrected chi connectivity index (χ3v) is 2.38. The van der Waals surface area contributed by atoms with Gasteiger partial charge in [-0.25, -0.2) is 0 Å². The SMILES string of the molecule is COC1(N)C=C(C)C(=N)C(C)C1. The van der Waals surface area contributed by atoms with E-state index in [1.54, 1.807) is 7.11 Å². The summed E-state index contributed by atoms with van der Waals surface area (Å²) in [6.45, 7) is 3.90. The molecule has 0 saturated carbocycles. The number of rotatable bonds is 1. The molecular formula is C9H16N2O. The molecule has 0 aliphatic heterocycles. The second kappa shape index (κ2) is 2.99. The third kappa shape index (κ3) is 1.57. The maximum Gasteiger partial charge on any atom is 0.136 e. The zero-order valence-corrected chi connectivity index (χ0v) is 7.85. The lowest BCUT2D eigenvalue weighted by atomic mass is 9.84. The topological polar surface area (TPSA) is 59.1 Å². The molecule has 0 amide bonds. The molecule has 1 rings (SSSR count). The van der Waals surface area contributed by atoms with Gasteiger partial charge in [0, 0.05) is 25.2 Å². The lowest BCUT2D eigenvalue weighted by Gasteiger charge is -2.33. The number of ether oxygens (including phenoxy) is 1. The van der Waals surface area contributed by atoms with Gasteiger partial charge >= 0.3 is 0 Å². The van der Waals surface area contributed by atoms with E-state index in [0.29, 0.717) is 12.1 Å². The molecule has 2 unspecified atom stereocenters. The molecule has 3 nitrogen and oxygen atoms in total. The lowest BCUT2D eigenvalue weighted by Crippen LogP contribution is -2.45. The van der Waals surface area contributed by atoms with Crippen molar-refractivity contribution in [3.63, 3.8) is 0 Å². The highest BCUT2D eigenvalue weighted by Crippen LogP contribution is 2.27. The van der Waals surface area contributed by atoms with E-state index in [0.717, 1.165) is 5.57 Å². The molecule has 3 N–H and O–H groups in total. The number of hydrogen-bond acceptors (Lipinski definition) is 3. The van der Waals surface area contributed by atoms with Crippen LogP contribution in [0.15, 0.2) is 11.6 Å². The van der Waals surface area contributed by atoms with E-state index < -0.39 is 5.72 Å². The summed E-state index contributed by atoms with van der Waals surface area (Å²) < 4.78 is 5.17. The Morgan fingerprint density at radius 3 is 2.75 bits per heavy atom. The Hall–Kier alpha value is -0.670. The van der Waals surface area contributed by atoms with Crippen LogP contribution < -0.4 is 5.73 Å². The first-order chi connectivity index (χ1) is 5.48. The Bertz CT molecular complexity index is 235. The van der Waals surface area contributed by atoms with E-state index in [-0.39, 0.29) is 5.92 Å². The molecule has 0 spiro atoms. The van der Waals surface area contributed by atoms with Crippen LogP contribution in [0.2, 0.25) is 0 Å². The highest BCUT2D eigenvalue weighted by Gasteiger charge is 2.31. The number of methoxy groups -OCH3 is 1. The third-order valence-electron chi connectivity index (χ3n) is 2.38. The predicted octanol–water partition coefficient (Wildman–Crippen LogP) is 1.29. The maximum absolute atomic E-state index is 7.67. The van der Waals surface area contributed by atoms with Crippen LogP contribution in [0.4, 0.5) is 0 Å². The Labute approximate surface area is 73.1 Å². The van der Waals surface area contributed by atoms with Crippen molar-refractivity contribution in [2.24, 2.45) is 11.7 Å². The van der Waals surface area contributed by atoms with Crippen LogP contribution in [0.25, 0.3) is 0 Å². The fourth-order valence-corrected chi connectivity index (χ4v) is 1.61. The average molecular weight is 168 g/mol. The Balaban J connectivity index is 2.94. The molecule has 0 saturated heterocycles. The standard InChI is InChI=1S/C9H16N2O/c1-6-4-9(11,12-3)5-7(2)8(6)10/h4,7,10H,5,11H2,1-3H3. The zero-order valence-electron chi connectivity index (χ0n) is 7.85. The largest absolute Gasteiger partial charge is 0.360 e. The van der Waals surface area contributed by atoms with Crippen molar-refractivity contribution in [1.29, 1.82) is 5.41 Å². The van der Waals surface area contributed by atoms with Crippen molar-refractivity contribution in [1.82, 2.24) is 0 Å². The van der Waals surface area contributed by atoms with E-state index in [4.69, 9.17) is 15.9 Å². The molecule has 12 heavy (non-hydrogen) atoms. The molecule has 0 aromatic carbocycles. The highest BCUT2D eigenvalue weighted by atomic mass is 16.5.